The van der Waals surface area contributed by atoms with Gasteiger partial charge in [0.05, 0.1) is 7.11 Å². The molecule has 2 aromatic rings. The van der Waals surface area contributed by atoms with Gasteiger partial charge in [-0.15, -0.1) is 0 Å². The first-order chi connectivity index (χ1) is 14.2. The molecule has 3 rings (SSSR count). The lowest BCUT2D eigenvalue weighted by molar-refractivity contribution is -0.129. The standard InChI is InChI=1S/C20H19F4N3O3/c1-11(28)26-7-9-27(10-8-26)13-5-3-12(4-6-13)25-20(29)14-15(21)17(23)19(30-2)18(24)16(14)22/h3-6H,7-10H2,1-2H3,(H,25,29). The lowest BCUT2D eigenvalue weighted by Crippen LogP contribution is -2.48. The van der Waals surface area contributed by atoms with E-state index in [9.17, 15) is 27.2 Å². The minimum atomic E-state index is -1.84. The summed E-state index contributed by atoms with van der Waals surface area (Å²) in [5.41, 5.74) is -0.369. The van der Waals surface area contributed by atoms with Gasteiger partial charge >= 0.3 is 0 Å². The lowest BCUT2D eigenvalue weighted by Gasteiger charge is -2.35. The van der Waals surface area contributed by atoms with Crippen LogP contribution < -0.4 is 15.0 Å². The Kier molecular flexibility index (Phi) is 6.14. The molecule has 2 amide bonds. The Morgan fingerprint density at radius 2 is 1.43 bits per heavy atom. The second-order valence-corrected chi connectivity index (χ2v) is 6.66. The summed E-state index contributed by atoms with van der Waals surface area (Å²) in [6.45, 7) is 3.94. The molecular formula is C20H19F4N3O3. The van der Waals surface area contributed by atoms with Crippen molar-refractivity contribution >= 4 is 23.2 Å². The number of amides is 2. The molecule has 1 saturated heterocycles. The maximum Gasteiger partial charge on any atom is 0.261 e. The van der Waals surface area contributed by atoms with Crippen LogP contribution in [0.1, 0.15) is 17.3 Å². The largest absolute Gasteiger partial charge is 0.491 e. The number of methoxy groups -OCH3 is 1. The number of nitrogens with one attached hydrogen (secondary N) is 1. The highest BCUT2D eigenvalue weighted by atomic mass is 19.2. The average Bonchev–Trinajstić information content (AvgIpc) is 2.73. The van der Waals surface area contributed by atoms with Crippen molar-refractivity contribution < 1.29 is 31.9 Å². The smallest absolute Gasteiger partial charge is 0.261 e. The molecule has 0 bridgehead atoms. The van der Waals surface area contributed by atoms with Gasteiger partial charge in [0.2, 0.25) is 17.5 Å². The van der Waals surface area contributed by atoms with Crippen LogP contribution >= 0.6 is 0 Å². The fourth-order valence-corrected chi connectivity index (χ4v) is 3.22. The molecule has 1 fully saturated rings. The van der Waals surface area contributed by atoms with Crippen LogP contribution in [0.25, 0.3) is 0 Å². The van der Waals surface area contributed by atoms with Crippen LogP contribution in [-0.4, -0.2) is 50.0 Å². The molecule has 0 aromatic heterocycles. The topological polar surface area (TPSA) is 61.9 Å². The number of hydrogen-bond acceptors (Lipinski definition) is 4. The number of anilines is 2. The summed E-state index contributed by atoms with van der Waals surface area (Å²) >= 11 is 0. The first-order valence-electron chi connectivity index (χ1n) is 9.06. The van der Waals surface area contributed by atoms with E-state index in [2.05, 4.69) is 10.1 Å². The zero-order chi connectivity index (χ0) is 22.0. The number of hydrogen-bond donors (Lipinski definition) is 1. The number of nitrogens with zero attached hydrogens (tertiary/aromatic N) is 2. The summed E-state index contributed by atoms with van der Waals surface area (Å²) in [5.74, 6) is -9.84. The van der Waals surface area contributed by atoms with Crippen molar-refractivity contribution in [3.05, 3.63) is 53.1 Å². The summed E-state index contributed by atoms with van der Waals surface area (Å²) in [6.07, 6.45) is 0. The third-order valence-corrected chi connectivity index (χ3v) is 4.87. The van der Waals surface area contributed by atoms with E-state index in [-0.39, 0.29) is 11.6 Å². The number of ether oxygens (including phenoxy) is 1. The Balaban J connectivity index is 1.74. The van der Waals surface area contributed by atoms with Crippen LogP contribution in [0, 0.1) is 23.3 Å². The Hall–Kier alpha value is -3.30. The summed E-state index contributed by atoms with van der Waals surface area (Å²) in [5, 5.41) is 2.22. The van der Waals surface area contributed by atoms with Gasteiger partial charge in [-0.25, -0.2) is 8.78 Å². The summed E-state index contributed by atoms with van der Waals surface area (Å²) in [7, 11) is 0.849. The van der Waals surface area contributed by atoms with Crippen molar-refractivity contribution in [1.82, 2.24) is 4.90 Å². The van der Waals surface area contributed by atoms with Crippen LogP contribution in [-0.2, 0) is 4.79 Å². The van der Waals surface area contributed by atoms with Gasteiger partial charge in [0.15, 0.2) is 17.4 Å². The molecule has 1 heterocycles. The number of rotatable bonds is 4. The van der Waals surface area contributed by atoms with E-state index in [1.165, 1.54) is 19.1 Å². The minimum Gasteiger partial charge on any atom is -0.491 e. The van der Waals surface area contributed by atoms with Crippen molar-refractivity contribution in [3.8, 4) is 5.75 Å². The Labute approximate surface area is 170 Å². The maximum atomic E-state index is 14.1. The Bertz CT molecular complexity index is 945. The summed E-state index contributed by atoms with van der Waals surface area (Å²) in [4.78, 5) is 27.4. The normalized spacial score (nSPS) is 13.9. The molecule has 0 unspecified atom stereocenters. The fraction of sp³-hybridized carbons (Fsp3) is 0.300. The van der Waals surface area contributed by atoms with Gasteiger partial charge in [0.1, 0.15) is 5.56 Å². The van der Waals surface area contributed by atoms with Crippen molar-refractivity contribution in [1.29, 1.82) is 0 Å². The molecule has 0 spiro atoms. The van der Waals surface area contributed by atoms with Gasteiger partial charge < -0.3 is 19.9 Å². The summed E-state index contributed by atoms with van der Waals surface area (Å²) in [6, 6.07) is 6.36. The zero-order valence-corrected chi connectivity index (χ0v) is 16.3. The number of piperazine rings is 1. The molecule has 1 N–H and O–H groups in total. The quantitative estimate of drug-likeness (QED) is 0.604. The van der Waals surface area contributed by atoms with E-state index in [4.69, 9.17) is 0 Å². The average molecular weight is 425 g/mol. The number of carbonyl (C=O) groups excluding carboxylic acids is 2. The van der Waals surface area contributed by atoms with E-state index in [1.54, 1.807) is 17.0 Å². The highest BCUT2D eigenvalue weighted by molar-refractivity contribution is 6.04. The van der Waals surface area contributed by atoms with E-state index < -0.39 is 40.5 Å². The van der Waals surface area contributed by atoms with Crippen molar-refractivity contribution in [2.24, 2.45) is 0 Å². The highest BCUT2D eigenvalue weighted by Crippen LogP contribution is 2.30. The predicted octanol–water partition coefficient (Wildman–Crippen LogP) is 3.17. The molecule has 160 valence electrons. The van der Waals surface area contributed by atoms with Crippen LogP contribution in [0.5, 0.6) is 5.75 Å². The fourth-order valence-electron chi connectivity index (χ4n) is 3.22. The van der Waals surface area contributed by atoms with Crippen molar-refractivity contribution in [3.63, 3.8) is 0 Å². The number of halogens is 4. The van der Waals surface area contributed by atoms with E-state index in [1.807, 2.05) is 4.90 Å². The Morgan fingerprint density at radius 1 is 0.900 bits per heavy atom. The second-order valence-electron chi connectivity index (χ2n) is 6.66. The molecule has 1 aliphatic heterocycles. The van der Waals surface area contributed by atoms with Crippen molar-refractivity contribution in [2.45, 2.75) is 6.92 Å². The first kappa shape index (κ1) is 21.4. The maximum absolute atomic E-state index is 14.1. The number of benzene rings is 2. The van der Waals surface area contributed by atoms with Gasteiger partial charge in [-0.3, -0.25) is 9.59 Å². The SMILES string of the molecule is COc1c(F)c(F)c(C(=O)Nc2ccc(N3CCN(C(C)=O)CC3)cc2)c(F)c1F. The molecular weight excluding hydrogens is 406 g/mol. The van der Waals surface area contributed by atoms with Crippen LogP contribution in [0.4, 0.5) is 28.9 Å². The lowest BCUT2D eigenvalue weighted by atomic mass is 10.1. The molecule has 6 nitrogen and oxygen atoms in total. The third kappa shape index (κ3) is 4.03. The molecule has 2 aromatic carbocycles. The van der Waals surface area contributed by atoms with Crippen molar-refractivity contribution in [2.75, 3.05) is 43.5 Å². The zero-order valence-electron chi connectivity index (χ0n) is 16.3. The first-order valence-corrected chi connectivity index (χ1v) is 9.06. The molecule has 0 atom stereocenters. The highest BCUT2D eigenvalue weighted by Gasteiger charge is 2.30. The molecule has 30 heavy (non-hydrogen) atoms. The second kappa shape index (κ2) is 8.60. The third-order valence-electron chi connectivity index (χ3n) is 4.87. The molecule has 0 aliphatic carbocycles. The van der Waals surface area contributed by atoms with Gasteiger partial charge in [-0.2, -0.15) is 8.78 Å². The molecule has 0 radical (unpaired) electrons. The van der Waals surface area contributed by atoms with Gasteiger partial charge in [0, 0.05) is 44.5 Å². The van der Waals surface area contributed by atoms with Crippen LogP contribution in [0.15, 0.2) is 24.3 Å². The van der Waals surface area contributed by atoms with Gasteiger partial charge in [0.25, 0.3) is 5.91 Å². The minimum absolute atomic E-state index is 0.0126. The van der Waals surface area contributed by atoms with Crippen LogP contribution in [0.3, 0.4) is 0 Å². The number of carbonyl (C=O) groups is 2. The molecule has 1 aliphatic rings. The Morgan fingerprint density at radius 3 is 1.90 bits per heavy atom. The summed E-state index contributed by atoms with van der Waals surface area (Å²) < 4.78 is 60.1. The molecule has 10 heteroatoms. The predicted molar refractivity (Wildman–Crippen MR) is 102 cm³/mol. The monoisotopic (exact) mass is 425 g/mol. The van der Waals surface area contributed by atoms with E-state index in [0.29, 0.717) is 26.2 Å². The van der Waals surface area contributed by atoms with Crippen LogP contribution in [0.2, 0.25) is 0 Å². The van der Waals surface area contributed by atoms with E-state index >= 15 is 0 Å². The van der Waals surface area contributed by atoms with E-state index in [0.717, 1.165) is 12.8 Å². The molecule has 0 saturated carbocycles. The van der Waals surface area contributed by atoms with Gasteiger partial charge in [-0.1, -0.05) is 0 Å². The van der Waals surface area contributed by atoms with Gasteiger partial charge in [-0.05, 0) is 24.3 Å².